The zero-order valence-corrected chi connectivity index (χ0v) is 13.6. The summed E-state index contributed by atoms with van der Waals surface area (Å²) in [5.41, 5.74) is 3.89. The topological polar surface area (TPSA) is 80.9 Å². The predicted molar refractivity (Wildman–Crippen MR) is 90.4 cm³/mol. The van der Waals surface area contributed by atoms with Gasteiger partial charge >= 0.3 is 0 Å². The lowest BCUT2D eigenvalue weighted by atomic mass is 10.1. The van der Waals surface area contributed by atoms with Crippen molar-refractivity contribution in [2.24, 2.45) is 0 Å². The number of aryl methyl sites for hydroxylation is 2. The standard InChI is InChI=1S/C18H18N4O2/c1-12-4-3-5-15(13(12)2)20-16(23)6-7-17-21-18(22-24-17)14-8-10-19-11-9-14/h3-5,8-11H,6-7H2,1-2H3,(H,20,23). The Labute approximate surface area is 139 Å². The summed E-state index contributed by atoms with van der Waals surface area (Å²) in [7, 11) is 0. The minimum absolute atomic E-state index is 0.0765. The van der Waals surface area contributed by atoms with Crippen LogP contribution in [0, 0.1) is 13.8 Å². The second-order valence-corrected chi connectivity index (χ2v) is 5.54. The maximum Gasteiger partial charge on any atom is 0.227 e. The number of amides is 1. The van der Waals surface area contributed by atoms with Gasteiger partial charge in [-0.25, -0.2) is 0 Å². The third kappa shape index (κ3) is 3.65. The lowest BCUT2D eigenvalue weighted by Gasteiger charge is -2.09. The van der Waals surface area contributed by atoms with E-state index in [4.69, 9.17) is 4.52 Å². The first-order chi connectivity index (χ1) is 11.6. The Morgan fingerprint density at radius 2 is 1.96 bits per heavy atom. The van der Waals surface area contributed by atoms with Crippen molar-refractivity contribution in [1.82, 2.24) is 15.1 Å². The smallest absolute Gasteiger partial charge is 0.227 e. The van der Waals surface area contributed by atoms with E-state index in [1.807, 2.05) is 44.2 Å². The summed E-state index contributed by atoms with van der Waals surface area (Å²) in [4.78, 5) is 20.4. The summed E-state index contributed by atoms with van der Waals surface area (Å²) in [6, 6.07) is 9.46. The number of anilines is 1. The highest BCUT2D eigenvalue weighted by molar-refractivity contribution is 5.91. The summed E-state index contributed by atoms with van der Waals surface area (Å²) < 4.78 is 5.20. The molecule has 0 saturated heterocycles. The molecule has 1 N–H and O–H groups in total. The summed E-state index contributed by atoms with van der Waals surface area (Å²) >= 11 is 0. The number of nitrogens with zero attached hydrogens (tertiary/aromatic N) is 3. The number of rotatable bonds is 5. The van der Waals surface area contributed by atoms with Crippen LogP contribution in [0.5, 0.6) is 0 Å². The van der Waals surface area contributed by atoms with Crippen molar-refractivity contribution in [2.75, 3.05) is 5.32 Å². The minimum Gasteiger partial charge on any atom is -0.339 e. The molecule has 2 heterocycles. The van der Waals surface area contributed by atoms with Gasteiger partial charge in [0.05, 0.1) is 0 Å². The molecule has 24 heavy (non-hydrogen) atoms. The molecule has 0 fully saturated rings. The molecule has 3 rings (SSSR count). The van der Waals surface area contributed by atoms with Crippen molar-refractivity contribution in [1.29, 1.82) is 0 Å². The maximum absolute atomic E-state index is 12.1. The second kappa shape index (κ2) is 7.04. The monoisotopic (exact) mass is 322 g/mol. The number of pyridine rings is 1. The number of hydrogen-bond acceptors (Lipinski definition) is 5. The lowest BCUT2D eigenvalue weighted by molar-refractivity contribution is -0.116. The molecule has 6 nitrogen and oxygen atoms in total. The van der Waals surface area contributed by atoms with Crippen molar-refractivity contribution >= 4 is 11.6 Å². The molecule has 0 aliphatic heterocycles. The van der Waals surface area contributed by atoms with Crippen LogP contribution in [0.4, 0.5) is 5.69 Å². The summed E-state index contributed by atoms with van der Waals surface area (Å²) in [6.45, 7) is 4.01. The van der Waals surface area contributed by atoms with E-state index in [-0.39, 0.29) is 12.3 Å². The van der Waals surface area contributed by atoms with Crippen molar-refractivity contribution in [3.05, 3.63) is 59.7 Å². The van der Waals surface area contributed by atoms with E-state index in [2.05, 4.69) is 20.4 Å². The van der Waals surface area contributed by atoms with Crippen molar-refractivity contribution < 1.29 is 9.32 Å². The molecule has 0 unspecified atom stereocenters. The fourth-order valence-corrected chi connectivity index (χ4v) is 2.29. The first-order valence-electron chi connectivity index (χ1n) is 7.72. The largest absolute Gasteiger partial charge is 0.339 e. The molecule has 3 aromatic rings. The average Bonchev–Trinajstić information content (AvgIpc) is 3.07. The number of benzene rings is 1. The van der Waals surface area contributed by atoms with Gasteiger partial charge in [-0.05, 0) is 43.2 Å². The van der Waals surface area contributed by atoms with Crippen molar-refractivity contribution in [2.45, 2.75) is 26.7 Å². The van der Waals surface area contributed by atoms with E-state index in [0.29, 0.717) is 18.1 Å². The number of aromatic nitrogens is 3. The van der Waals surface area contributed by atoms with E-state index in [9.17, 15) is 4.79 Å². The van der Waals surface area contributed by atoms with E-state index in [0.717, 1.165) is 22.4 Å². The first-order valence-corrected chi connectivity index (χ1v) is 7.72. The summed E-state index contributed by atoms with van der Waals surface area (Å²) in [6.07, 6.45) is 4.02. The molecule has 1 aromatic carbocycles. The van der Waals surface area contributed by atoms with Gasteiger partial charge in [0.25, 0.3) is 0 Å². The zero-order valence-electron chi connectivity index (χ0n) is 13.6. The van der Waals surface area contributed by atoms with Gasteiger partial charge in [0.15, 0.2) is 0 Å². The molecule has 0 radical (unpaired) electrons. The van der Waals surface area contributed by atoms with Gasteiger partial charge in [-0.3, -0.25) is 9.78 Å². The molecule has 0 aliphatic rings. The van der Waals surface area contributed by atoms with Gasteiger partial charge in [-0.15, -0.1) is 0 Å². The Hall–Kier alpha value is -3.02. The lowest BCUT2D eigenvalue weighted by Crippen LogP contribution is -2.13. The van der Waals surface area contributed by atoms with Gasteiger partial charge in [-0.1, -0.05) is 17.3 Å². The van der Waals surface area contributed by atoms with Gasteiger partial charge in [-0.2, -0.15) is 4.98 Å². The van der Waals surface area contributed by atoms with Gasteiger partial charge in [0.1, 0.15) is 0 Å². The maximum atomic E-state index is 12.1. The molecule has 1 amide bonds. The number of hydrogen-bond donors (Lipinski definition) is 1. The first kappa shape index (κ1) is 15.9. The molecule has 0 spiro atoms. The van der Waals surface area contributed by atoms with Crippen LogP contribution in [0.1, 0.15) is 23.4 Å². The van der Waals surface area contributed by atoms with Gasteiger partial charge < -0.3 is 9.84 Å². The average molecular weight is 322 g/mol. The number of carbonyl (C=O) groups excluding carboxylic acids is 1. The molecule has 6 heteroatoms. The third-order valence-electron chi connectivity index (χ3n) is 3.85. The SMILES string of the molecule is Cc1cccc(NC(=O)CCc2nc(-c3ccncc3)no2)c1C. The van der Waals surface area contributed by atoms with E-state index >= 15 is 0 Å². The third-order valence-corrected chi connectivity index (χ3v) is 3.85. The molecule has 0 bridgehead atoms. The summed E-state index contributed by atoms with van der Waals surface area (Å²) in [5.74, 6) is 0.868. The van der Waals surface area contributed by atoms with Crippen LogP contribution in [0.2, 0.25) is 0 Å². The van der Waals surface area contributed by atoms with E-state index in [1.165, 1.54) is 0 Å². The zero-order chi connectivity index (χ0) is 16.9. The normalized spacial score (nSPS) is 10.6. The highest BCUT2D eigenvalue weighted by Gasteiger charge is 2.11. The van der Waals surface area contributed by atoms with Crippen LogP contribution in [-0.2, 0) is 11.2 Å². The van der Waals surface area contributed by atoms with Crippen LogP contribution in [0.15, 0.2) is 47.2 Å². The quantitative estimate of drug-likeness (QED) is 0.779. The molecule has 122 valence electrons. The molecular weight excluding hydrogens is 304 g/mol. The number of carbonyl (C=O) groups is 1. The molecule has 0 aliphatic carbocycles. The highest BCUT2D eigenvalue weighted by atomic mass is 16.5. The van der Waals surface area contributed by atoms with Crippen molar-refractivity contribution in [3.8, 4) is 11.4 Å². The van der Waals surface area contributed by atoms with Crippen LogP contribution in [0.3, 0.4) is 0 Å². The summed E-state index contributed by atoms with van der Waals surface area (Å²) in [5, 5.41) is 6.85. The molecule has 2 aromatic heterocycles. The predicted octanol–water partition coefficient (Wildman–Crippen LogP) is 3.32. The Bertz CT molecular complexity index is 843. The minimum atomic E-state index is -0.0765. The van der Waals surface area contributed by atoms with Crippen molar-refractivity contribution in [3.63, 3.8) is 0 Å². The van der Waals surface area contributed by atoms with E-state index in [1.54, 1.807) is 12.4 Å². The molecular formula is C18H18N4O2. The van der Waals surface area contributed by atoms with E-state index < -0.39 is 0 Å². The fraction of sp³-hybridized carbons (Fsp3) is 0.222. The van der Waals surface area contributed by atoms with Gasteiger partial charge in [0.2, 0.25) is 17.6 Å². The number of nitrogens with one attached hydrogen (secondary N) is 1. The Balaban J connectivity index is 1.59. The Morgan fingerprint density at radius 3 is 2.75 bits per heavy atom. The van der Waals surface area contributed by atoms with Gasteiger partial charge in [0, 0.05) is 36.5 Å². The van der Waals surface area contributed by atoms with Crippen LogP contribution < -0.4 is 5.32 Å². The second-order valence-electron chi connectivity index (χ2n) is 5.54. The molecule has 0 saturated carbocycles. The van der Waals surface area contributed by atoms with Crippen LogP contribution >= 0.6 is 0 Å². The fourth-order valence-electron chi connectivity index (χ4n) is 2.29. The van der Waals surface area contributed by atoms with Crippen LogP contribution in [0.25, 0.3) is 11.4 Å². The Kier molecular flexibility index (Phi) is 4.65. The van der Waals surface area contributed by atoms with Crippen LogP contribution in [-0.4, -0.2) is 21.0 Å². The Morgan fingerprint density at radius 1 is 1.17 bits per heavy atom. The highest BCUT2D eigenvalue weighted by Crippen LogP contribution is 2.19. The molecule has 0 atom stereocenters.